The zero-order valence-electron chi connectivity index (χ0n) is 42.0. The summed E-state index contributed by atoms with van der Waals surface area (Å²) in [5.74, 6) is 0. The molecule has 0 aliphatic heterocycles. The fraction of sp³-hybridized carbons (Fsp3) is 0.0290. The molecule has 15 rings (SSSR count). The standard InChI is InChI=1S/C69H39F6N5/c70-68(71,72)43-31-32-46(56(35-43)69(73,74)75)41-30-33-61(79-59-27-13-9-23-49(59)53-36-51-47-21-7-11-25-57(47)77(63(51)38-65(53)79)44-17-3-1-4-18-44)55(34-41)67-42(40-76)16-15-29-62(67)80-60-28-14-10-24-50(60)54-37-52-48-22-8-12-26-58(48)78(64(52)39-66(54)80)45-19-5-2-6-20-45/h1-39H. The summed E-state index contributed by atoms with van der Waals surface area (Å²) in [5, 5.41) is 19.3. The lowest BCUT2D eigenvalue weighted by molar-refractivity contribution is -0.142. The van der Waals surface area contributed by atoms with Crippen molar-refractivity contribution in [1.29, 1.82) is 5.26 Å². The molecular weight excluding hydrogens is 1010 g/mol. The Morgan fingerprint density at radius 1 is 0.312 bits per heavy atom. The van der Waals surface area contributed by atoms with Crippen LogP contribution in [0, 0.1) is 11.3 Å². The first-order chi connectivity index (χ1) is 38.9. The van der Waals surface area contributed by atoms with Crippen LogP contribution in [0.25, 0.3) is 132 Å². The van der Waals surface area contributed by atoms with Gasteiger partial charge in [0.25, 0.3) is 0 Å². The normalized spacial score (nSPS) is 12.4. The highest BCUT2D eigenvalue weighted by Gasteiger charge is 2.39. The molecule has 0 fully saturated rings. The Bertz CT molecular complexity index is 5110. The van der Waals surface area contributed by atoms with E-state index in [9.17, 15) is 18.4 Å². The van der Waals surface area contributed by atoms with Crippen LogP contribution in [-0.2, 0) is 12.4 Å². The number of rotatable bonds is 6. The highest BCUT2D eigenvalue weighted by atomic mass is 19.4. The zero-order chi connectivity index (χ0) is 54.2. The van der Waals surface area contributed by atoms with Gasteiger partial charge in [-0.05, 0) is 120 Å². The Morgan fingerprint density at radius 2 is 0.750 bits per heavy atom. The summed E-state index contributed by atoms with van der Waals surface area (Å²) >= 11 is 0. The smallest absolute Gasteiger partial charge is 0.309 e. The van der Waals surface area contributed by atoms with Gasteiger partial charge in [0.05, 0.1) is 78.3 Å². The molecule has 0 bridgehead atoms. The van der Waals surface area contributed by atoms with E-state index in [4.69, 9.17) is 0 Å². The Kier molecular flexibility index (Phi) is 10.2. The fourth-order valence-corrected chi connectivity index (χ4v) is 12.5. The Hall–Kier alpha value is -10.3. The zero-order valence-corrected chi connectivity index (χ0v) is 42.0. The molecule has 0 spiro atoms. The van der Waals surface area contributed by atoms with Crippen LogP contribution in [0.3, 0.4) is 0 Å². The van der Waals surface area contributed by atoms with Gasteiger partial charge in [0.15, 0.2) is 0 Å². The molecule has 382 valence electrons. The number of nitrogens with zero attached hydrogens (tertiary/aromatic N) is 5. The van der Waals surface area contributed by atoms with Crippen molar-refractivity contribution in [3.63, 3.8) is 0 Å². The number of aromatic nitrogens is 4. The number of nitriles is 1. The molecule has 4 aromatic heterocycles. The minimum atomic E-state index is -5.17. The second-order valence-corrected chi connectivity index (χ2v) is 20.2. The summed E-state index contributed by atoms with van der Waals surface area (Å²) in [7, 11) is 0. The van der Waals surface area contributed by atoms with Gasteiger partial charge in [0, 0.05) is 65.6 Å². The van der Waals surface area contributed by atoms with Gasteiger partial charge in [-0.1, -0.05) is 127 Å². The molecule has 11 heteroatoms. The third-order valence-corrected chi connectivity index (χ3v) is 15.8. The highest BCUT2D eigenvalue weighted by molar-refractivity contribution is 6.21. The van der Waals surface area contributed by atoms with Crippen LogP contribution >= 0.6 is 0 Å². The maximum absolute atomic E-state index is 15.3. The SMILES string of the molecule is N#Cc1cccc(-n2c3ccccc3c3cc4c5ccccc5n(-c5ccccc5)c4cc32)c1-c1cc(-c2ccc(C(F)(F)F)cc2C(F)(F)F)ccc1-n1c2ccccc2c2cc3c4ccccc4n(-c4ccccc4)c3cc21. The van der Waals surface area contributed by atoms with Crippen molar-refractivity contribution in [1.82, 2.24) is 18.3 Å². The van der Waals surface area contributed by atoms with Gasteiger partial charge in [-0.15, -0.1) is 0 Å². The summed E-state index contributed by atoms with van der Waals surface area (Å²) in [4.78, 5) is 0. The van der Waals surface area contributed by atoms with Gasteiger partial charge >= 0.3 is 12.4 Å². The quantitative estimate of drug-likeness (QED) is 0.153. The minimum Gasteiger partial charge on any atom is -0.309 e. The van der Waals surface area contributed by atoms with E-state index in [2.05, 4.69) is 103 Å². The van der Waals surface area contributed by atoms with Crippen LogP contribution in [0.15, 0.2) is 237 Å². The molecule has 0 aliphatic carbocycles. The maximum atomic E-state index is 15.3. The second-order valence-electron chi connectivity index (χ2n) is 20.2. The lowest BCUT2D eigenvalue weighted by Gasteiger charge is -2.22. The van der Waals surface area contributed by atoms with Crippen LogP contribution in [0.2, 0.25) is 0 Å². The number of alkyl halides is 6. The van der Waals surface area contributed by atoms with E-state index >= 15 is 13.2 Å². The molecule has 11 aromatic carbocycles. The predicted molar refractivity (Wildman–Crippen MR) is 309 cm³/mol. The molecule has 15 aromatic rings. The summed E-state index contributed by atoms with van der Waals surface area (Å²) < 4.78 is 97.3. The van der Waals surface area contributed by atoms with Gasteiger partial charge in [-0.25, -0.2) is 0 Å². The van der Waals surface area contributed by atoms with E-state index in [0.717, 1.165) is 105 Å². The topological polar surface area (TPSA) is 43.5 Å². The number of para-hydroxylation sites is 6. The van der Waals surface area contributed by atoms with E-state index in [-0.39, 0.29) is 17.2 Å². The molecule has 4 heterocycles. The van der Waals surface area contributed by atoms with Crippen molar-refractivity contribution < 1.29 is 26.3 Å². The van der Waals surface area contributed by atoms with Crippen LogP contribution < -0.4 is 0 Å². The molecule has 80 heavy (non-hydrogen) atoms. The van der Waals surface area contributed by atoms with Crippen molar-refractivity contribution in [3.05, 3.63) is 253 Å². The highest BCUT2D eigenvalue weighted by Crippen LogP contribution is 2.48. The molecule has 0 saturated carbocycles. The van der Waals surface area contributed by atoms with Crippen LogP contribution in [0.5, 0.6) is 0 Å². The van der Waals surface area contributed by atoms with Crippen LogP contribution in [-0.4, -0.2) is 18.3 Å². The summed E-state index contributed by atoms with van der Waals surface area (Å²) in [6, 6.07) is 75.9. The van der Waals surface area contributed by atoms with Gasteiger partial charge in [-0.3, -0.25) is 0 Å². The summed E-state index contributed by atoms with van der Waals surface area (Å²) in [6.45, 7) is 0. The van der Waals surface area contributed by atoms with Gasteiger partial charge in [-0.2, -0.15) is 31.6 Å². The fourth-order valence-electron chi connectivity index (χ4n) is 12.5. The van der Waals surface area contributed by atoms with Crippen molar-refractivity contribution in [3.8, 4) is 51.1 Å². The van der Waals surface area contributed by atoms with E-state index < -0.39 is 29.0 Å². The van der Waals surface area contributed by atoms with Crippen LogP contribution in [0.1, 0.15) is 16.7 Å². The van der Waals surface area contributed by atoms with Crippen molar-refractivity contribution in [2.45, 2.75) is 12.4 Å². The average Bonchev–Trinajstić information content (AvgIpc) is 4.38. The number of fused-ring (bicyclic) bond motifs is 12. The molecule has 0 unspecified atom stereocenters. The first-order valence-corrected chi connectivity index (χ1v) is 26.0. The van der Waals surface area contributed by atoms with Crippen molar-refractivity contribution in [2.75, 3.05) is 0 Å². The Morgan fingerprint density at radius 3 is 1.21 bits per heavy atom. The molecule has 0 N–H and O–H groups in total. The Balaban J connectivity index is 1.08. The lowest BCUT2D eigenvalue weighted by atomic mass is 9.90. The number of hydrogen-bond acceptors (Lipinski definition) is 1. The van der Waals surface area contributed by atoms with E-state index in [1.165, 1.54) is 6.07 Å². The van der Waals surface area contributed by atoms with E-state index in [1.54, 1.807) is 24.3 Å². The second kappa shape index (κ2) is 17.3. The molecular formula is C69H39F6N5. The van der Waals surface area contributed by atoms with E-state index in [1.807, 2.05) is 109 Å². The summed E-state index contributed by atoms with van der Waals surface area (Å²) in [6.07, 6.45) is -10.2. The molecule has 0 aliphatic rings. The monoisotopic (exact) mass is 1050 g/mol. The number of halogens is 6. The first kappa shape index (κ1) is 46.9. The van der Waals surface area contributed by atoms with E-state index in [0.29, 0.717) is 28.6 Å². The number of benzene rings is 11. The molecule has 0 atom stereocenters. The Labute approximate surface area is 451 Å². The molecule has 5 nitrogen and oxygen atoms in total. The van der Waals surface area contributed by atoms with Crippen molar-refractivity contribution in [2.24, 2.45) is 0 Å². The largest absolute Gasteiger partial charge is 0.417 e. The average molecular weight is 1050 g/mol. The lowest BCUT2D eigenvalue weighted by Crippen LogP contribution is -2.12. The van der Waals surface area contributed by atoms with Crippen molar-refractivity contribution >= 4 is 87.2 Å². The summed E-state index contributed by atoms with van der Waals surface area (Å²) in [5.41, 5.74) is 7.75. The number of hydrogen-bond donors (Lipinski definition) is 0. The van der Waals surface area contributed by atoms with Gasteiger partial charge in [0.2, 0.25) is 0 Å². The third-order valence-electron chi connectivity index (χ3n) is 15.8. The van der Waals surface area contributed by atoms with Gasteiger partial charge < -0.3 is 18.3 Å². The predicted octanol–water partition coefficient (Wildman–Crippen LogP) is 19.3. The molecule has 0 amide bonds. The minimum absolute atomic E-state index is 0.00663. The van der Waals surface area contributed by atoms with Crippen LogP contribution in [0.4, 0.5) is 26.3 Å². The molecule has 0 radical (unpaired) electrons. The first-order valence-electron chi connectivity index (χ1n) is 26.0. The maximum Gasteiger partial charge on any atom is 0.417 e. The molecule has 0 saturated heterocycles. The van der Waals surface area contributed by atoms with Gasteiger partial charge in [0.1, 0.15) is 0 Å². The third kappa shape index (κ3) is 6.98.